The number of rotatable bonds is 3. The fourth-order valence-electron chi connectivity index (χ4n) is 2.70. The van der Waals surface area contributed by atoms with Crippen molar-refractivity contribution in [3.63, 3.8) is 0 Å². The lowest BCUT2D eigenvalue weighted by atomic mass is 10.1. The third-order valence-corrected chi connectivity index (χ3v) is 4.12. The van der Waals surface area contributed by atoms with Gasteiger partial charge in [-0.3, -0.25) is 25.2 Å². The average molecular weight is 404 g/mol. The molecule has 0 saturated carbocycles. The van der Waals surface area contributed by atoms with Crippen LogP contribution in [0.4, 0.5) is 13.2 Å². The van der Waals surface area contributed by atoms with Crippen molar-refractivity contribution in [1.29, 1.82) is 0 Å². The Hall–Kier alpha value is -3.69. The van der Waals surface area contributed by atoms with Gasteiger partial charge in [-0.2, -0.15) is 18.3 Å². The van der Waals surface area contributed by atoms with Gasteiger partial charge in [-0.05, 0) is 31.2 Å². The molecule has 3 aromatic rings. The molecule has 0 fully saturated rings. The molecule has 2 N–H and O–H groups in total. The second kappa shape index (κ2) is 7.74. The molecule has 0 aliphatic carbocycles. The number of nitrogens with one attached hydrogen (secondary N) is 2. The normalized spacial score (nSPS) is 11.3. The third kappa shape index (κ3) is 4.10. The van der Waals surface area contributed by atoms with E-state index in [0.717, 1.165) is 16.8 Å². The third-order valence-electron chi connectivity index (χ3n) is 4.12. The molecule has 2 aromatic carbocycles. The molecule has 0 aliphatic rings. The number of fused-ring (bicyclic) bond motifs is 1. The molecule has 0 saturated heterocycles. The molecular weight excluding hydrogens is 389 g/mol. The van der Waals surface area contributed by atoms with E-state index in [4.69, 9.17) is 0 Å². The maximum atomic E-state index is 12.8. The van der Waals surface area contributed by atoms with E-state index in [1.54, 1.807) is 25.1 Å². The van der Waals surface area contributed by atoms with Crippen LogP contribution in [0.15, 0.2) is 53.3 Å². The number of amides is 2. The molecule has 0 unspecified atom stereocenters. The van der Waals surface area contributed by atoms with E-state index in [9.17, 15) is 27.6 Å². The first-order valence-electron chi connectivity index (χ1n) is 8.50. The van der Waals surface area contributed by atoms with Crippen molar-refractivity contribution in [2.75, 3.05) is 0 Å². The number of alkyl halides is 3. The summed E-state index contributed by atoms with van der Waals surface area (Å²) in [4.78, 5) is 37.0. The lowest BCUT2D eigenvalue weighted by molar-refractivity contribution is -0.137. The summed E-state index contributed by atoms with van der Waals surface area (Å²) in [6.07, 6.45) is -4.60. The predicted octanol–water partition coefficient (Wildman–Crippen LogP) is 2.51. The summed E-state index contributed by atoms with van der Waals surface area (Å²) < 4.78 is 39.4. The zero-order chi connectivity index (χ0) is 21.2. The van der Waals surface area contributed by atoms with Gasteiger partial charge in [0.1, 0.15) is 0 Å². The molecule has 10 heteroatoms. The van der Waals surface area contributed by atoms with E-state index >= 15 is 0 Å². The summed E-state index contributed by atoms with van der Waals surface area (Å²) >= 11 is 0. The lowest BCUT2D eigenvalue weighted by Crippen LogP contribution is -2.42. The summed E-state index contributed by atoms with van der Waals surface area (Å²) in [5.74, 6) is -1.75. The van der Waals surface area contributed by atoms with E-state index in [1.807, 2.05) is 0 Å². The van der Waals surface area contributed by atoms with Gasteiger partial charge in [0.25, 0.3) is 17.4 Å². The number of carbonyl (C=O) groups excluding carboxylic acids is 2. The first kappa shape index (κ1) is 20.1. The van der Waals surface area contributed by atoms with E-state index in [-0.39, 0.29) is 34.1 Å². The van der Waals surface area contributed by atoms with E-state index < -0.39 is 23.6 Å². The number of nitrogens with zero attached hydrogens (tertiary/aromatic N) is 2. The highest BCUT2D eigenvalue weighted by molar-refractivity contribution is 6.06. The number of carbonyl (C=O) groups is 2. The van der Waals surface area contributed by atoms with Gasteiger partial charge in [0.2, 0.25) is 0 Å². The Morgan fingerprint density at radius 3 is 2.31 bits per heavy atom. The fraction of sp³-hybridized carbons (Fsp3) is 0.158. The maximum Gasteiger partial charge on any atom is 0.416 e. The number of benzene rings is 2. The molecule has 150 valence electrons. The first-order chi connectivity index (χ1) is 13.7. The minimum atomic E-state index is -4.60. The van der Waals surface area contributed by atoms with Crippen LogP contribution in [-0.4, -0.2) is 21.6 Å². The highest BCUT2D eigenvalue weighted by Crippen LogP contribution is 2.29. The van der Waals surface area contributed by atoms with Crippen LogP contribution in [0.3, 0.4) is 0 Å². The van der Waals surface area contributed by atoms with Crippen molar-refractivity contribution < 1.29 is 22.8 Å². The Morgan fingerprint density at radius 2 is 1.66 bits per heavy atom. The molecule has 1 heterocycles. The summed E-state index contributed by atoms with van der Waals surface area (Å²) in [6, 6.07) is 10.1. The van der Waals surface area contributed by atoms with Crippen LogP contribution >= 0.6 is 0 Å². The summed E-state index contributed by atoms with van der Waals surface area (Å²) in [7, 11) is 0. The molecule has 0 atom stereocenters. The highest BCUT2D eigenvalue weighted by atomic mass is 19.4. The Balaban J connectivity index is 1.84. The van der Waals surface area contributed by atoms with E-state index in [2.05, 4.69) is 16.0 Å². The first-order valence-corrected chi connectivity index (χ1v) is 8.50. The molecule has 1 aromatic heterocycles. The predicted molar refractivity (Wildman–Crippen MR) is 98.1 cm³/mol. The van der Waals surface area contributed by atoms with Gasteiger partial charge < -0.3 is 0 Å². The minimum absolute atomic E-state index is 0.105. The van der Waals surface area contributed by atoms with Crippen LogP contribution in [0.25, 0.3) is 10.8 Å². The lowest BCUT2D eigenvalue weighted by Gasteiger charge is -2.12. The van der Waals surface area contributed by atoms with Crippen molar-refractivity contribution in [1.82, 2.24) is 20.6 Å². The minimum Gasteiger partial charge on any atom is -0.267 e. The average Bonchev–Trinajstić information content (AvgIpc) is 2.71. The van der Waals surface area contributed by atoms with Crippen molar-refractivity contribution in [3.05, 3.63) is 75.7 Å². The molecule has 3 rings (SSSR count). The number of hydrazine groups is 1. The van der Waals surface area contributed by atoms with Gasteiger partial charge >= 0.3 is 6.18 Å². The molecule has 0 bridgehead atoms. The Kier molecular flexibility index (Phi) is 5.35. The highest BCUT2D eigenvalue weighted by Gasteiger charge is 2.31. The zero-order valence-corrected chi connectivity index (χ0v) is 15.1. The molecule has 29 heavy (non-hydrogen) atoms. The monoisotopic (exact) mass is 404 g/mol. The van der Waals surface area contributed by atoms with Crippen LogP contribution in [0, 0.1) is 0 Å². The maximum absolute atomic E-state index is 12.8. The molecule has 0 radical (unpaired) electrons. The Bertz CT molecular complexity index is 1160. The summed E-state index contributed by atoms with van der Waals surface area (Å²) in [6.45, 7) is 1.90. The number of aromatic nitrogens is 2. The van der Waals surface area contributed by atoms with Crippen LogP contribution in [-0.2, 0) is 12.7 Å². The fourth-order valence-corrected chi connectivity index (χ4v) is 2.70. The van der Waals surface area contributed by atoms with E-state index in [0.29, 0.717) is 6.07 Å². The van der Waals surface area contributed by atoms with Gasteiger partial charge in [-0.25, -0.2) is 4.68 Å². The number of halogens is 3. The van der Waals surface area contributed by atoms with Gasteiger partial charge in [0, 0.05) is 17.5 Å². The SMILES string of the molecule is CCn1nc(C(=O)NNC(=O)c2cccc(C(F)(F)F)c2)c2ccccc2c1=O. The largest absolute Gasteiger partial charge is 0.416 e. The molecular formula is C19H15F3N4O3. The molecule has 7 nitrogen and oxygen atoms in total. The topological polar surface area (TPSA) is 93.1 Å². The molecule has 0 aliphatic heterocycles. The zero-order valence-electron chi connectivity index (χ0n) is 15.1. The standard InChI is InChI=1S/C19H15F3N4O3/c1-2-26-18(29)14-9-4-3-8-13(14)15(25-26)17(28)24-23-16(27)11-6-5-7-12(10-11)19(20,21)22/h3-10H,2H2,1H3,(H,23,27)(H,24,28). The molecule has 2 amide bonds. The van der Waals surface area contributed by atoms with Gasteiger partial charge in [0.05, 0.1) is 10.9 Å². The van der Waals surface area contributed by atoms with Gasteiger partial charge in [-0.15, -0.1) is 0 Å². The Morgan fingerprint density at radius 1 is 1.00 bits per heavy atom. The van der Waals surface area contributed by atoms with Crippen molar-refractivity contribution in [3.8, 4) is 0 Å². The number of hydrogen-bond donors (Lipinski definition) is 2. The quantitative estimate of drug-likeness (QED) is 0.656. The van der Waals surface area contributed by atoms with Crippen molar-refractivity contribution >= 4 is 22.6 Å². The smallest absolute Gasteiger partial charge is 0.267 e. The summed E-state index contributed by atoms with van der Waals surface area (Å²) in [5, 5.41) is 4.57. The molecule has 0 spiro atoms. The summed E-state index contributed by atoms with van der Waals surface area (Å²) in [5.41, 5.74) is 2.44. The second-order valence-electron chi connectivity index (χ2n) is 6.00. The number of aryl methyl sites for hydroxylation is 1. The van der Waals surface area contributed by atoms with Gasteiger partial charge in [0.15, 0.2) is 5.69 Å². The number of hydrogen-bond acceptors (Lipinski definition) is 4. The van der Waals surface area contributed by atoms with Crippen LogP contribution in [0.5, 0.6) is 0 Å². The van der Waals surface area contributed by atoms with E-state index in [1.165, 1.54) is 12.1 Å². The van der Waals surface area contributed by atoms with Gasteiger partial charge in [-0.1, -0.05) is 24.3 Å². The van der Waals surface area contributed by atoms with Crippen molar-refractivity contribution in [2.24, 2.45) is 0 Å². The van der Waals surface area contributed by atoms with Crippen LogP contribution < -0.4 is 16.4 Å². The van der Waals surface area contributed by atoms with Crippen LogP contribution in [0.2, 0.25) is 0 Å². The second-order valence-corrected chi connectivity index (χ2v) is 6.00. The van der Waals surface area contributed by atoms with Crippen molar-refractivity contribution in [2.45, 2.75) is 19.6 Å². The Labute approximate surface area is 162 Å². The van der Waals surface area contributed by atoms with Crippen LogP contribution in [0.1, 0.15) is 33.3 Å².